The van der Waals surface area contributed by atoms with Gasteiger partial charge in [-0.05, 0) is 42.0 Å². The van der Waals surface area contributed by atoms with Crippen LogP contribution < -0.4 is 10.0 Å². The molecule has 0 fully saturated rings. The van der Waals surface area contributed by atoms with E-state index >= 15 is 0 Å². The first kappa shape index (κ1) is 18.4. The van der Waals surface area contributed by atoms with Crippen molar-refractivity contribution in [1.29, 1.82) is 0 Å². The topological polar surface area (TPSA) is 75.3 Å². The minimum Gasteiger partial charge on any atom is -0.323 e. The lowest BCUT2D eigenvalue weighted by atomic mass is 10.1. The Bertz CT molecular complexity index is 1070. The number of para-hydroxylation sites is 1. The average molecular weight is 389 g/mol. The number of carbonyl (C=O) groups is 1. The van der Waals surface area contributed by atoms with Gasteiger partial charge in [-0.15, -0.1) is 0 Å². The van der Waals surface area contributed by atoms with Crippen LogP contribution in [0, 0.1) is 0 Å². The second kappa shape index (κ2) is 7.45. The molecule has 3 aromatic carbocycles. The smallest absolute Gasteiger partial charge is 0.242 e. The Balaban J connectivity index is 1.77. The molecule has 0 aliphatic heterocycles. The van der Waals surface area contributed by atoms with Gasteiger partial charge >= 0.3 is 0 Å². The number of rotatable bonds is 5. The van der Waals surface area contributed by atoms with Crippen molar-refractivity contribution in [2.75, 3.05) is 5.32 Å². The van der Waals surface area contributed by atoms with Crippen LogP contribution in [0.5, 0.6) is 0 Å². The van der Waals surface area contributed by atoms with Crippen molar-refractivity contribution in [3.63, 3.8) is 0 Å². The van der Waals surface area contributed by atoms with Gasteiger partial charge in [0.25, 0.3) is 0 Å². The molecular weight excluding hydrogens is 372 g/mol. The molecule has 3 rings (SSSR count). The minimum atomic E-state index is -3.84. The molecule has 1 atom stereocenters. The summed E-state index contributed by atoms with van der Waals surface area (Å²) < 4.78 is 27.6. The van der Waals surface area contributed by atoms with Gasteiger partial charge in [-0.3, -0.25) is 4.79 Å². The molecule has 0 spiro atoms. The summed E-state index contributed by atoms with van der Waals surface area (Å²) in [7, 11) is -3.84. The van der Waals surface area contributed by atoms with Crippen LogP contribution in [-0.4, -0.2) is 20.4 Å². The first-order valence-corrected chi connectivity index (χ1v) is 9.79. The van der Waals surface area contributed by atoms with E-state index in [2.05, 4.69) is 10.0 Å². The number of benzene rings is 3. The first-order valence-electron chi connectivity index (χ1n) is 7.93. The molecule has 0 heterocycles. The van der Waals surface area contributed by atoms with E-state index in [1.54, 1.807) is 36.4 Å². The van der Waals surface area contributed by atoms with Gasteiger partial charge in [-0.1, -0.05) is 54.1 Å². The second-order valence-electron chi connectivity index (χ2n) is 5.82. The molecule has 0 radical (unpaired) electrons. The third kappa shape index (κ3) is 4.04. The molecule has 0 bridgehead atoms. The van der Waals surface area contributed by atoms with Crippen LogP contribution in [0.15, 0.2) is 71.6 Å². The summed E-state index contributed by atoms with van der Waals surface area (Å²) >= 11 is 6.00. The van der Waals surface area contributed by atoms with Crippen molar-refractivity contribution < 1.29 is 13.2 Å². The van der Waals surface area contributed by atoms with E-state index in [0.717, 1.165) is 10.8 Å². The van der Waals surface area contributed by atoms with Gasteiger partial charge in [0.1, 0.15) is 0 Å². The maximum Gasteiger partial charge on any atom is 0.242 e. The molecule has 0 aromatic heterocycles. The quantitative estimate of drug-likeness (QED) is 0.698. The largest absolute Gasteiger partial charge is 0.323 e. The lowest BCUT2D eigenvalue weighted by molar-refractivity contribution is -0.117. The number of carbonyl (C=O) groups excluding carboxylic acids is 1. The van der Waals surface area contributed by atoms with Crippen molar-refractivity contribution in [3.05, 3.63) is 71.8 Å². The van der Waals surface area contributed by atoms with E-state index < -0.39 is 22.0 Å². The van der Waals surface area contributed by atoms with Gasteiger partial charge in [-0.25, -0.2) is 8.42 Å². The molecule has 134 valence electrons. The SMILES string of the molecule is C[C@H](NS(=O)(=O)c1ccc2ccccc2c1)C(=O)Nc1ccccc1Cl. The summed E-state index contributed by atoms with van der Waals surface area (Å²) in [5.74, 6) is -0.498. The molecule has 1 amide bonds. The maximum absolute atomic E-state index is 12.6. The van der Waals surface area contributed by atoms with Gasteiger partial charge in [0.15, 0.2) is 0 Å². The predicted molar refractivity (Wildman–Crippen MR) is 104 cm³/mol. The van der Waals surface area contributed by atoms with Crippen molar-refractivity contribution in [1.82, 2.24) is 4.72 Å². The van der Waals surface area contributed by atoms with E-state index in [1.165, 1.54) is 13.0 Å². The summed E-state index contributed by atoms with van der Waals surface area (Å²) in [5, 5.41) is 4.75. The van der Waals surface area contributed by atoms with Crippen LogP contribution in [0.3, 0.4) is 0 Å². The molecule has 0 aliphatic rings. The zero-order valence-corrected chi connectivity index (χ0v) is 15.5. The van der Waals surface area contributed by atoms with Crippen molar-refractivity contribution in [3.8, 4) is 0 Å². The molecular formula is C19H17ClN2O3S. The molecule has 5 nitrogen and oxygen atoms in total. The number of fused-ring (bicyclic) bond motifs is 1. The Morgan fingerprint density at radius 2 is 1.62 bits per heavy atom. The fraction of sp³-hybridized carbons (Fsp3) is 0.105. The summed E-state index contributed by atoms with van der Waals surface area (Å²) in [4.78, 5) is 12.4. The second-order valence-corrected chi connectivity index (χ2v) is 7.94. The zero-order valence-electron chi connectivity index (χ0n) is 13.9. The lowest BCUT2D eigenvalue weighted by Crippen LogP contribution is -2.41. The predicted octanol–water partition coefficient (Wildman–Crippen LogP) is 3.80. The van der Waals surface area contributed by atoms with Gasteiger partial charge in [0.2, 0.25) is 15.9 Å². The maximum atomic E-state index is 12.6. The summed E-state index contributed by atoms with van der Waals surface area (Å²) in [6.07, 6.45) is 0. The van der Waals surface area contributed by atoms with Crippen LogP contribution in [0.25, 0.3) is 10.8 Å². The van der Waals surface area contributed by atoms with Crippen molar-refractivity contribution in [2.45, 2.75) is 17.9 Å². The molecule has 0 unspecified atom stereocenters. The van der Waals surface area contributed by atoms with E-state index in [9.17, 15) is 13.2 Å². The number of amides is 1. The molecule has 3 aromatic rings. The average Bonchev–Trinajstić information content (AvgIpc) is 2.62. The molecule has 26 heavy (non-hydrogen) atoms. The minimum absolute atomic E-state index is 0.105. The van der Waals surface area contributed by atoms with Crippen LogP contribution in [0.4, 0.5) is 5.69 Å². The summed E-state index contributed by atoms with van der Waals surface area (Å²) in [6.45, 7) is 1.48. The third-order valence-electron chi connectivity index (χ3n) is 3.89. The molecule has 0 aliphatic carbocycles. The molecule has 0 saturated carbocycles. The lowest BCUT2D eigenvalue weighted by Gasteiger charge is -2.15. The van der Waals surface area contributed by atoms with Gasteiger partial charge < -0.3 is 5.32 Å². The standard InChI is InChI=1S/C19H17ClN2O3S/c1-13(19(23)21-18-9-5-4-8-17(18)20)22-26(24,25)16-11-10-14-6-2-3-7-15(14)12-16/h2-13,22H,1H3,(H,21,23)/t13-/m0/s1. The third-order valence-corrected chi connectivity index (χ3v) is 5.76. The Morgan fingerprint density at radius 3 is 2.35 bits per heavy atom. The van der Waals surface area contributed by atoms with Crippen LogP contribution in [-0.2, 0) is 14.8 Å². The van der Waals surface area contributed by atoms with Gasteiger partial charge in [0.05, 0.1) is 21.6 Å². The molecule has 0 saturated heterocycles. The number of hydrogen-bond donors (Lipinski definition) is 2. The fourth-order valence-corrected chi connectivity index (χ4v) is 3.91. The van der Waals surface area contributed by atoms with E-state index in [0.29, 0.717) is 10.7 Å². The van der Waals surface area contributed by atoms with E-state index in [1.807, 2.05) is 24.3 Å². The molecule has 2 N–H and O–H groups in total. The van der Waals surface area contributed by atoms with Crippen LogP contribution in [0.2, 0.25) is 5.02 Å². The van der Waals surface area contributed by atoms with Gasteiger partial charge in [0, 0.05) is 0 Å². The number of anilines is 1. The Labute approximate surface area is 157 Å². The van der Waals surface area contributed by atoms with Crippen LogP contribution in [0.1, 0.15) is 6.92 Å². The number of hydrogen-bond acceptors (Lipinski definition) is 3. The highest BCUT2D eigenvalue weighted by Gasteiger charge is 2.22. The zero-order chi connectivity index (χ0) is 18.7. The summed E-state index contributed by atoms with van der Waals surface area (Å²) in [5.41, 5.74) is 0.427. The summed E-state index contributed by atoms with van der Waals surface area (Å²) in [6, 6.07) is 18.1. The Kier molecular flexibility index (Phi) is 5.27. The Morgan fingerprint density at radius 1 is 0.962 bits per heavy atom. The highest BCUT2D eigenvalue weighted by atomic mass is 35.5. The molecule has 7 heteroatoms. The highest BCUT2D eigenvalue weighted by molar-refractivity contribution is 7.89. The number of sulfonamides is 1. The van der Waals surface area contributed by atoms with Crippen molar-refractivity contribution >= 4 is 44.0 Å². The van der Waals surface area contributed by atoms with E-state index in [4.69, 9.17) is 11.6 Å². The monoisotopic (exact) mass is 388 g/mol. The number of nitrogens with one attached hydrogen (secondary N) is 2. The highest BCUT2D eigenvalue weighted by Crippen LogP contribution is 2.21. The Hall–Kier alpha value is -2.41. The normalized spacial score (nSPS) is 12.7. The van der Waals surface area contributed by atoms with Crippen LogP contribution >= 0.6 is 11.6 Å². The number of halogens is 1. The fourth-order valence-electron chi connectivity index (χ4n) is 2.49. The van der Waals surface area contributed by atoms with Gasteiger partial charge in [-0.2, -0.15) is 4.72 Å². The van der Waals surface area contributed by atoms with E-state index in [-0.39, 0.29) is 4.90 Å². The van der Waals surface area contributed by atoms with Crippen molar-refractivity contribution in [2.24, 2.45) is 0 Å². The first-order chi connectivity index (χ1) is 12.4.